The van der Waals surface area contributed by atoms with E-state index in [1.54, 1.807) is 4.68 Å². The number of carbonyl (C=O) groups is 1. The Balaban J connectivity index is 1.39. The van der Waals surface area contributed by atoms with E-state index in [2.05, 4.69) is 37.4 Å². The fraction of sp³-hybridized carbons (Fsp3) is 0.143. The second-order valence-electron chi connectivity index (χ2n) is 6.52. The first-order chi connectivity index (χ1) is 13.6. The van der Waals surface area contributed by atoms with Crippen molar-refractivity contribution in [1.82, 2.24) is 14.8 Å². The highest BCUT2D eigenvalue weighted by Gasteiger charge is 2.12. The van der Waals surface area contributed by atoms with E-state index >= 15 is 0 Å². The number of H-pyrrole nitrogens is 1. The summed E-state index contributed by atoms with van der Waals surface area (Å²) in [5, 5.41) is 9.18. The summed E-state index contributed by atoms with van der Waals surface area (Å²) in [5.74, 6) is 0.435. The third-order valence-corrected chi connectivity index (χ3v) is 5.51. The molecule has 142 valence electrons. The summed E-state index contributed by atoms with van der Waals surface area (Å²) < 4.78 is 2.49. The molecule has 0 bridgehead atoms. The first-order valence-electron chi connectivity index (χ1n) is 8.91. The number of halogens is 2. The van der Waals surface area contributed by atoms with E-state index in [-0.39, 0.29) is 5.91 Å². The zero-order chi connectivity index (χ0) is 19.5. The van der Waals surface area contributed by atoms with Gasteiger partial charge in [-0.15, -0.1) is 0 Å². The van der Waals surface area contributed by atoms with Crippen molar-refractivity contribution in [3.8, 4) is 0 Å². The number of aromatic amines is 1. The van der Waals surface area contributed by atoms with Crippen LogP contribution in [0, 0.1) is 0 Å². The van der Waals surface area contributed by atoms with Crippen molar-refractivity contribution in [2.45, 2.75) is 19.4 Å². The topological polar surface area (TPSA) is 62.7 Å². The van der Waals surface area contributed by atoms with Crippen LogP contribution >= 0.6 is 27.5 Å². The largest absolute Gasteiger partial charge is 0.361 e. The molecular formula is C21H18BrClN4O. The normalized spacial score (nSPS) is 11.1. The zero-order valence-corrected chi connectivity index (χ0v) is 17.3. The average Bonchev–Trinajstić information content (AvgIpc) is 3.25. The second-order valence-corrected chi connectivity index (χ2v) is 7.78. The van der Waals surface area contributed by atoms with E-state index in [9.17, 15) is 4.79 Å². The maximum Gasteiger partial charge on any atom is 0.225 e. The molecule has 0 saturated heterocycles. The van der Waals surface area contributed by atoms with Crippen LogP contribution in [-0.4, -0.2) is 20.7 Å². The number of aryl methyl sites for hydroxylation is 1. The van der Waals surface area contributed by atoms with Gasteiger partial charge in [0.2, 0.25) is 5.91 Å². The maximum absolute atomic E-state index is 12.4. The molecule has 5 nitrogen and oxygen atoms in total. The monoisotopic (exact) mass is 456 g/mol. The molecule has 7 heteroatoms. The van der Waals surface area contributed by atoms with Crippen molar-refractivity contribution < 1.29 is 4.79 Å². The molecule has 0 saturated carbocycles. The molecule has 28 heavy (non-hydrogen) atoms. The van der Waals surface area contributed by atoms with Crippen molar-refractivity contribution in [1.29, 1.82) is 0 Å². The number of hydrogen-bond acceptors (Lipinski definition) is 2. The molecule has 1 amide bonds. The minimum absolute atomic E-state index is 0.0750. The van der Waals surface area contributed by atoms with Crippen LogP contribution in [0.2, 0.25) is 5.02 Å². The molecule has 2 heterocycles. The summed E-state index contributed by atoms with van der Waals surface area (Å²) in [5.41, 5.74) is 3.18. The number of nitrogens with one attached hydrogen (secondary N) is 2. The number of hydrogen-bond donors (Lipinski definition) is 2. The molecule has 0 unspecified atom stereocenters. The van der Waals surface area contributed by atoms with Crippen molar-refractivity contribution in [3.05, 3.63) is 81.5 Å². The van der Waals surface area contributed by atoms with E-state index in [0.29, 0.717) is 30.2 Å². The van der Waals surface area contributed by atoms with Gasteiger partial charge in [-0.3, -0.25) is 9.48 Å². The first kappa shape index (κ1) is 18.8. The Labute approximate surface area is 175 Å². The number of carbonyl (C=O) groups excluding carboxylic acids is 1. The van der Waals surface area contributed by atoms with Crippen LogP contribution in [0.5, 0.6) is 0 Å². The van der Waals surface area contributed by atoms with E-state index < -0.39 is 0 Å². The van der Waals surface area contributed by atoms with Crippen LogP contribution < -0.4 is 5.32 Å². The van der Waals surface area contributed by atoms with Gasteiger partial charge in [-0.1, -0.05) is 48.0 Å². The number of anilines is 1. The molecule has 4 rings (SSSR count). The molecule has 0 aliphatic carbocycles. The van der Waals surface area contributed by atoms with E-state index in [1.807, 2.05) is 54.9 Å². The van der Waals surface area contributed by atoms with Crippen LogP contribution in [0.15, 0.2) is 65.4 Å². The van der Waals surface area contributed by atoms with Crippen LogP contribution in [0.4, 0.5) is 5.82 Å². The number of rotatable bonds is 6. The zero-order valence-electron chi connectivity index (χ0n) is 15.0. The van der Waals surface area contributed by atoms with Gasteiger partial charge in [-0.2, -0.15) is 5.10 Å². The van der Waals surface area contributed by atoms with Crippen LogP contribution in [0.25, 0.3) is 10.9 Å². The number of nitrogens with zero attached hydrogens (tertiary/aromatic N) is 2. The number of fused-ring (bicyclic) bond motifs is 1. The van der Waals surface area contributed by atoms with Crippen molar-refractivity contribution in [2.24, 2.45) is 0 Å². The summed E-state index contributed by atoms with van der Waals surface area (Å²) in [6.45, 7) is 0.531. The Morgan fingerprint density at radius 2 is 1.93 bits per heavy atom. The predicted octanol–water partition coefficient (Wildman–Crippen LogP) is 5.40. The van der Waals surface area contributed by atoms with E-state index in [1.165, 1.54) is 0 Å². The Morgan fingerprint density at radius 3 is 2.79 bits per heavy atom. The van der Waals surface area contributed by atoms with Gasteiger partial charge in [0.25, 0.3) is 0 Å². The summed E-state index contributed by atoms with van der Waals surface area (Å²) >= 11 is 9.68. The summed E-state index contributed by atoms with van der Waals surface area (Å²) in [7, 11) is 0. The Morgan fingerprint density at radius 1 is 1.14 bits per heavy atom. The quantitative estimate of drug-likeness (QED) is 0.407. The Kier molecular flexibility index (Phi) is 5.50. The minimum atomic E-state index is -0.0750. The molecule has 0 aliphatic heterocycles. The SMILES string of the molecule is O=C(CCc1c[nH]c2ccccc12)Nc1nn(Cc2ccccc2Cl)cc1Br. The van der Waals surface area contributed by atoms with Gasteiger partial charge in [-0.25, -0.2) is 0 Å². The molecule has 2 aromatic heterocycles. The molecule has 2 N–H and O–H groups in total. The standard InChI is InChI=1S/C21H18BrClN4O/c22-17-13-27(12-15-5-1-3-7-18(15)23)26-21(17)25-20(28)10-9-14-11-24-19-8-4-2-6-16(14)19/h1-8,11,13,24H,9-10,12H2,(H,25,26,28). The maximum atomic E-state index is 12.4. The van der Waals surface area contributed by atoms with Gasteiger partial charge in [0.05, 0.1) is 11.0 Å². The summed E-state index contributed by atoms with van der Waals surface area (Å²) in [6, 6.07) is 15.7. The molecular weight excluding hydrogens is 440 g/mol. The third-order valence-electron chi connectivity index (χ3n) is 4.56. The lowest BCUT2D eigenvalue weighted by Gasteiger charge is -2.04. The summed E-state index contributed by atoms with van der Waals surface area (Å²) in [4.78, 5) is 15.6. The van der Waals surface area contributed by atoms with Crippen molar-refractivity contribution in [2.75, 3.05) is 5.32 Å². The van der Waals surface area contributed by atoms with Crippen LogP contribution in [0.1, 0.15) is 17.5 Å². The fourth-order valence-corrected chi connectivity index (χ4v) is 3.76. The number of aromatic nitrogens is 3. The van der Waals surface area contributed by atoms with Crippen LogP contribution in [-0.2, 0) is 17.8 Å². The Hall–Kier alpha value is -2.57. The molecule has 4 aromatic rings. The van der Waals surface area contributed by atoms with Crippen molar-refractivity contribution >= 4 is 50.2 Å². The van der Waals surface area contributed by atoms with Gasteiger partial charge >= 0.3 is 0 Å². The highest BCUT2D eigenvalue weighted by molar-refractivity contribution is 9.10. The number of para-hydroxylation sites is 1. The number of benzene rings is 2. The average molecular weight is 458 g/mol. The lowest BCUT2D eigenvalue weighted by Crippen LogP contribution is -2.13. The number of amides is 1. The van der Waals surface area contributed by atoms with E-state index in [4.69, 9.17) is 11.6 Å². The fourth-order valence-electron chi connectivity index (χ4n) is 3.15. The first-order valence-corrected chi connectivity index (χ1v) is 10.1. The highest BCUT2D eigenvalue weighted by atomic mass is 79.9. The van der Waals surface area contributed by atoms with Gasteiger partial charge in [-0.05, 0) is 45.6 Å². The summed E-state index contributed by atoms with van der Waals surface area (Å²) in [6.07, 6.45) is 4.84. The lowest BCUT2D eigenvalue weighted by atomic mass is 10.1. The van der Waals surface area contributed by atoms with Gasteiger partial charge < -0.3 is 10.3 Å². The van der Waals surface area contributed by atoms with Gasteiger partial charge in [0.1, 0.15) is 0 Å². The molecule has 0 spiro atoms. The van der Waals surface area contributed by atoms with Gasteiger partial charge in [0, 0.05) is 34.7 Å². The Bertz CT molecular complexity index is 1130. The van der Waals surface area contributed by atoms with E-state index in [0.717, 1.165) is 26.5 Å². The molecule has 0 radical (unpaired) electrons. The third kappa shape index (κ3) is 4.13. The highest BCUT2D eigenvalue weighted by Crippen LogP contribution is 2.23. The second kappa shape index (κ2) is 8.20. The molecule has 0 aliphatic rings. The van der Waals surface area contributed by atoms with Crippen molar-refractivity contribution in [3.63, 3.8) is 0 Å². The minimum Gasteiger partial charge on any atom is -0.361 e. The molecule has 0 fully saturated rings. The molecule has 0 atom stereocenters. The lowest BCUT2D eigenvalue weighted by molar-refractivity contribution is -0.116. The van der Waals surface area contributed by atoms with Crippen LogP contribution in [0.3, 0.4) is 0 Å². The molecule has 2 aromatic carbocycles. The predicted molar refractivity (Wildman–Crippen MR) is 116 cm³/mol. The van der Waals surface area contributed by atoms with Gasteiger partial charge in [0.15, 0.2) is 5.82 Å². The smallest absolute Gasteiger partial charge is 0.225 e.